The summed E-state index contributed by atoms with van der Waals surface area (Å²) in [6, 6.07) is 10.2. The molecule has 0 bridgehead atoms. The van der Waals surface area contributed by atoms with Crippen LogP contribution in [0.2, 0.25) is 0 Å². The molecule has 0 radical (unpaired) electrons. The van der Waals surface area contributed by atoms with Gasteiger partial charge in [0.1, 0.15) is 0 Å². The largest absolute Gasteiger partial charge is 0.241 e. The van der Waals surface area contributed by atoms with Gasteiger partial charge in [-0.05, 0) is 12.5 Å². The molecule has 86 valence electrons. The number of aromatic nitrogens is 1. The van der Waals surface area contributed by atoms with E-state index in [1.54, 1.807) is 11.3 Å². The highest BCUT2D eigenvalue weighted by Gasteiger charge is 2.07. The number of nitriles is 1. The van der Waals surface area contributed by atoms with Gasteiger partial charge < -0.3 is 0 Å². The molecule has 2 rings (SSSR count). The minimum atomic E-state index is 0.601. The molecule has 0 aliphatic carbocycles. The third-order valence-corrected chi connectivity index (χ3v) is 3.98. The summed E-state index contributed by atoms with van der Waals surface area (Å²) in [7, 11) is 0. The van der Waals surface area contributed by atoms with Crippen molar-refractivity contribution >= 4 is 27.3 Å². The number of rotatable bonds is 4. The topological polar surface area (TPSA) is 36.7 Å². The quantitative estimate of drug-likeness (QED) is 0.784. The molecule has 4 heteroatoms. The van der Waals surface area contributed by atoms with Crippen LogP contribution in [0.1, 0.15) is 17.8 Å². The zero-order valence-electron chi connectivity index (χ0n) is 9.19. The van der Waals surface area contributed by atoms with Gasteiger partial charge in [0, 0.05) is 28.3 Å². The van der Waals surface area contributed by atoms with Gasteiger partial charge in [0.2, 0.25) is 0 Å². The Labute approximate surface area is 113 Å². The van der Waals surface area contributed by atoms with Crippen LogP contribution in [0.4, 0.5) is 0 Å². The van der Waals surface area contributed by atoms with E-state index in [1.807, 2.05) is 18.2 Å². The first-order valence-corrected chi connectivity index (χ1v) is 7.05. The third kappa shape index (κ3) is 3.15. The number of aryl methyl sites for hydroxylation is 1. The molecule has 1 heterocycles. The number of hydrogen-bond acceptors (Lipinski definition) is 3. The summed E-state index contributed by atoms with van der Waals surface area (Å²) in [5, 5.41) is 11.7. The van der Waals surface area contributed by atoms with E-state index >= 15 is 0 Å². The first-order chi connectivity index (χ1) is 8.31. The summed E-state index contributed by atoms with van der Waals surface area (Å²) < 4.78 is 1.06. The first-order valence-electron chi connectivity index (χ1n) is 5.37. The number of hydrogen-bond donors (Lipinski definition) is 0. The summed E-state index contributed by atoms with van der Waals surface area (Å²) in [4.78, 5) is 4.59. The lowest BCUT2D eigenvalue weighted by molar-refractivity contribution is 0.843. The van der Waals surface area contributed by atoms with E-state index in [1.165, 1.54) is 0 Å². The molecule has 0 aliphatic heterocycles. The summed E-state index contributed by atoms with van der Waals surface area (Å²) in [5.41, 5.74) is 2.13. The summed E-state index contributed by atoms with van der Waals surface area (Å²) in [6.07, 6.45) is 2.38. The van der Waals surface area contributed by atoms with E-state index in [2.05, 4.69) is 38.4 Å². The highest BCUT2D eigenvalue weighted by Crippen LogP contribution is 2.29. The lowest BCUT2D eigenvalue weighted by atomic mass is 10.2. The molecule has 0 fully saturated rings. The van der Waals surface area contributed by atoms with Gasteiger partial charge in [0.15, 0.2) is 0 Å². The van der Waals surface area contributed by atoms with Gasteiger partial charge >= 0.3 is 0 Å². The van der Waals surface area contributed by atoms with Crippen LogP contribution in [0.15, 0.2) is 34.1 Å². The fourth-order valence-electron chi connectivity index (χ4n) is 1.54. The van der Waals surface area contributed by atoms with E-state index < -0.39 is 0 Å². The van der Waals surface area contributed by atoms with Crippen molar-refractivity contribution in [2.24, 2.45) is 0 Å². The summed E-state index contributed by atoms with van der Waals surface area (Å²) in [6.45, 7) is 0. The normalized spacial score (nSPS) is 10.1. The van der Waals surface area contributed by atoms with E-state index in [-0.39, 0.29) is 0 Å². The van der Waals surface area contributed by atoms with E-state index in [9.17, 15) is 0 Å². The van der Waals surface area contributed by atoms with Crippen LogP contribution in [-0.2, 0) is 6.42 Å². The van der Waals surface area contributed by atoms with Crippen molar-refractivity contribution in [3.8, 4) is 17.3 Å². The fourth-order valence-corrected chi connectivity index (χ4v) is 2.87. The molecule has 0 amide bonds. The van der Waals surface area contributed by atoms with Crippen LogP contribution < -0.4 is 0 Å². The maximum Gasteiger partial charge on any atom is 0.0932 e. The molecule has 1 aromatic carbocycles. The average Bonchev–Trinajstić information content (AvgIpc) is 2.79. The van der Waals surface area contributed by atoms with Crippen molar-refractivity contribution < 1.29 is 0 Å². The van der Waals surface area contributed by atoms with Crippen molar-refractivity contribution in [2.45, 2.75) is 19.3 Å². The van der Waals surface area contributed by atoms with E-state index in [0.29, 0.717) is 6.42 Å². The number of halogens is 1. The Bertz CT molecular complexity index is 542. The minimum Gasteiger partial charge on any atom is -0.241 e. The van der Waals surface area contributed by atoms with Crippen LogP contribution in [0.5, 0.6) is 0 Å². The molecule has 2 nitrogen and oxygen atoms in total. The van der Waals surface area contributed by atoms with Crippen LogP contribution in [0.3, 0.4) is 0 Å². The Hall–Kier alpha value is -1.18. The second kappa shape index (κ2) is 5.95. The Balaban J connectivity index is 2.14. The molecule has 1 aromatic heterocycles. The van der Waals surface area contributed by atoms with Crippen molar-refractivity contribution in [3.05, 3.63) is 39.1 Å². The van der Waals surface area contributed by atoms with Crippen LogP contribution in [0.25, 0.3) is 11.3 Å². The van der Waals surface area contributed by atoms with Crippen LogP contribution in [0, 0.1) is 11.3 Å². The molecule has 0 N–H and O–H groups in total. The van der Waals surface area contributed by atoms with E-state index in [0.717, 1.165) is 33.6 Å². The Morgan fingerprint density at radius 3 is 2.94 bits per heavy atom. The molecule has 0 atom stereocenters. The van der Waals surface area contributed by atoms with Gasteiger partial charge in [-0.15, -0.1) is 11.3 Å². The Kier molecular flexibility index (Phi) is 4.29. The number of unbranched alkanes of at least 4 members (excludes halogenated alkanes) is 1. The van der Waals surface area contributed by atoms with Crippen molar-refractivity contribution in [1.82, 2.24) is 4.98 Å². The Morgan fingerprint density at radius 1 is 1.35 bits per heavy atom. The fraction of sp³-hybridized carbons (Fsp3) is 0.231. The van der Waals surface area contributed by atoms with Crippen molar-refractivity contribution in [2.75, 3.05) is 0 Å². The van der Waals surface area contributed by atoms with Crippen molar-refractivity contribution in [3.63, 3.8) is 0 Å². The molecule has 0 saturated carbocycles. The Morgan fingerprint density at radius 2 is 2.18 bits per heavy atom. The lowest BCUT2D eigenvalue weighted by Crippen LogP contribution is -1.85. The van der Waals surface area contributed by atoms with Gasteiger partial charge in [0.05, 0.1) is 16.8 Å². The molecule has 0 spiro atoms. The smallest absolute Gasteiger partial charge is 0.0932 e. The maximum absolute atomic E-state index is 8.49. The average molecular weight is 307 g/mol. The molecule has 0 saturated heterocycles. The molecule has 0 aliphatic rings. The monoisotopic (exact) mass is 306 g/mol. The van der Waals surface area contributed by atoms with Crippen molar-refractivity contribution in [1.29, 1.82) is 5.26 Å². The van der Waals surface area contributed by atoms with Gasteiger partial charge in [0.25, 0.3) is 0 Å². The number of benzene rings is 1. The molecule has 2 aromatic rings. The summed E-state index contributed by atoms with van der Waals surface area (Å²) in [5.74, 6) is 0. The maximum atomic E-state index is 8.49. The second-order valence-corrected chi connectivity index (χ2v) is 5.41. The first kappa shape index (κ1) is 12.3. The molecule has 0 unspecified atom stereocenters. The SMILES string of the molecule is N#CCCCc1nc(-c2ccccc2Br)cs1. The van der Waals surface area contributed by atoms with Gasteiger partial charge in [-0.3, -0.25) is 0 Å². The third-order valence-electron chi connectivity index (χ3n) is 2.38. The van der Waals surface area contributed by atoms with Crippen LogP contribution in [-0.4, -0.2) is 4.98 Å². The molecular weight excluding hydrogens is 296 g/mol. The zero-order valence-corrected chi connectivity index (χ0v) is 11.6. The van der Waals surface area contributed by atoms with E-state index in [4.69, 9.17) is 5.26 Å². The van der Waals surface area contributed by atoms with Gasteiger partial charge in [-0.25, -0.2) is 4.98 Å². The second-order valence-electron chi connectivity index (χ2n) is 3.62. The highest BCUT2D eigenvalue weighted by molar-refractivity contribution is 9.10. The summed E-state index contributed by atoms with van der Waals surface area (Å²) >= 11 is 5.19. The lowest BCUT2D eigenvalue weighted by Gasteiger charge is -1.99. The van der Waals surface area contributed by atoms with Gasteiger partial charge in [-0.1, -0.05) is 34.1 Å². The predicted octanol–water partition coefficient (Wildman–Crippen LogP) is 4.42. The predicted molar refractivity (Wildman–Crippen MR) is 73.8 cm³/mol. The standard InChI is InChI=1S/C13H11BrN2S/c14-11-6-2-1-5-10(11)12-9-17-13(16-12)7-3-4-8-15/h1-2,5-6,9H,3-4,7H2. The number of thiazole rings is 1. The zero-order chi connectivity index (χ0) is 12.1. The molecular formula is C13H11BrN2S. The minimum absolute atomic E-state index is 0.601. The molecule has 17 heavy (non-hydrogen) atoms. The number of nitrogens with zero attached hydrogens (tertiary/aromatic N) is 2. The van der Waals surface area contributed by atoms with Crippen LogP contribution >= 0.6 is 27.3 Å². The highest BCUT2D eigenvalue weighted by atomic mass is 79.9. The van der Waals surface area contributed by atoms with Gasteiger partial charge in [-0.2, -0.15) is 5.26 Å².